The van der Waals surface area contributed by atoms with Crippen LogP contribution in [0.15, 0.2) is 41.3 Å². The molecule has 0 radical (unpaired) electrons. The first kappa shape index (κ1) is 15.9. The Morgan fingerprint density at radius 3 is 2.38 bits per heavy atom. The zero-order chi connectivity index (χ0) is 15.6. The van der Waals surface area contributed by atoms with Gasteiger partial charge < -0.3 is 11.1 Å². The first-order chi connectivity index (χ1) is 9.83. The quantitative estimate of drug-likeness (QED) is 0.742. The Morgan fingerprint density at radius 1 is 1.05 bits per heavy atom. The molecule has 0 aliphatic carbocycles. The van der Waals surface area contributed by atoms with Crippen molar-refractivity contribution in [2.45, 2.75) is 4.90 Å². The van der Waals surface area contributed by atoms with Crippen molar-refractivity contribution in [1.82, 2.24) is 4.72 Å². The molecule has 0 aliphatic rings. The van der Waals surface area contributed by atoms with Crippen LogP contribution >= 0.6 is 23.2 Å². The third-order valence-electron chi connectivity index (χ3n) is 2.80. The van der Waals surface area contributed by atoms with Crippen LogP contribution in [0.2, 0.25) is 10.0 Å². The summed E-state index contributed by atoms with van der Waals surface area (Å²) in [7, 11) is -2.19. The predicted molar refractivity (Wildman–Crippen MR) is 86.8 cm³/mol. The van der Waals surface area contributed by atoms with E-state index in [2.05, 4.69) is 10.0 Å². The molecular formula is C13H13Cl2N3O2S. The van der Waals surface area contributed by atoms with E-state index in [-0.39, 0.29) is 4.90 Å². The van der Waals surface area contributed by atoms with Crippen molar-refractivity contribution in [3.63, 3.8) is 0 Å². The maximum absolute atomic E-state index is 11.8. The van der Waals surface area contributed by atoms with Crippen molar-refractivity contribution < 1.29 is 8.42 Å². The number of halogens is 2. The summed E-state index contributed by atoms with van der Waals surface area (Å²) in [6.45, 7) is 0. The van der Waals surface area contributed by atoms with Gasteiger partial charge in [0.15, 0.2) is 0 Å². The van der Waals surface area contributed by atoms with Gasteiger partial charge in [-0.3, -0.25) is 0 Å². The molecular weight excluding hydrogens is 333 g/mol. The van der Waals surface area contributed by atoms with Gasteiger partial charge in [-0.1, -0.05) is 23.2 Å². The zero-order valence-electron chi connectivity index (χ0n) is 11.0. The van der Waals surface area contributed by atoms with Crippen molar-refractivity contribution in [3.8, 4) is 0 Å². The first-order valence-electron chi connectivity index (χ1n) is 5.88. The Balaban J connectivity index is 2.39. The second-order valence-electron chi connectivity index (χ2n) is 4.21. The third kappa shape index (κ3) is 3.59. The van der Waals surface area contributed by atoms with Crippen molar-refractivity contribution in [2.24, 2.45) is 0 Å². The molecule has 2 aromatic carbocycles. The second-order valence-corrected chi connectivity index (χ2v) is 6.91. The molecule has 0 spiro atoms. The van der Waals surface area contributed by atoms with E-state index in [4.69, 9.17) is 28.9 Å². The van der Waals surface area contributed by atoms with Gasteiger partial charge in [-0.15, -0.1) is 0 Å². The van der Waals surface area contributed by atoms with E-state index in [0.717, 1.165) is 0 Å². The van der Waals surface area contributed by atoms with Gasteiger partial charge in [-0.05, 0) is 43.4 Å². The number of anilines is 3. The van der Waals surface area contributed by atoms with Crippen LogP contribution in [0.4, 0.5) is 17.1 Å². The minimum absolute atomic E-state index is 0.113. The van der Waals surface area contributed by atoms with E-state index in [1.165, 1.54) is 25.2 Å². The van der Waals surface area contributed by atoms with Gasteiger partial charge in [0.1, 0.15) is 0 Å². The van der Waals surface area contributed by atoms with E-state index in [0.29, 0.717) is 27.1 Å². The van der Waals surface area contributed by atoms with Gasteiger partial charge in [0.25, 0.3) is 0 Å². The number of hydrogen-bond acceptors (Lipinski definition) is 4. The maximum atomic E-state index is 11.8. The van der Waals surface area contributed by atoms with Crippen LogP contribution in [-0.4, -0.2) is 15.5 Å². The highest BCUT2D eigenvalue weighted by molar-refractivity contribution is 7.89. The van der Waals surface area contributed by atoms with Crippen molar-refractivity contribution in [1.29, 1.82) is 0 Å². The predicted octanol–water partition coefficient (Wildman–Crippen LogP) is 3.23. The average Bonchev–Trinajstić information content (AvgIpc) is 2.45. The number of nitrogens with one attached hydrogen (secondary N) is 2. The topological polar surface area (TPSA) is 84.2 Å². The van der Waals surface area contributed by atoms with Crippen LogP contribution in [-0.2, 0) is 10.0 Å². The van der Waals surface area contributed by atoms with Crippen LogP contribution < -0.4 is 15.8 Å². The Bertz CT molecular complexity index is 779. The Labute approximate surface area is 133 Å². The molecule has 0 aromatic heterocycles. The van der Waals surface area contributed by atoms with Gasteiger partial charge in [0.05, 0.1) is 26.3 Å². The molecule has 2 aromatic rings. The van der Waals surface area contributed by atoms with E-state index < -0.39 is 10.0 Å². The smallest absolute Gasteiger partial charge is 0.240 e. The lowest BCUT2D eigenvalue weighted by Gasteiger charge is -2.12. The van der Waals surface area contributed by atoms with Crippen molar-refractivity contribution >= 4 is 50.3 Å². The van der Waals surface area contributed by atoms with Gasteiger partial charge in [0.2, 0.25) is 10.0 Å². The molecule has 0 bridgehead atoms. The number of nitrogens with two attached hydrogens (primary N) is 1. The zero-order valence-corrected chi connectivity index (χ0v) is 13.4. The largest absolute Gasteiger partial charge is 0.397 e. The molecule has 0 saturated heterocycles. The highest BCUT2D eigenvalue weighted by atomic mass is 35.5. The monoisotopic (exact) mass is 345 g/mol. The SMILES string of the molecule is CNS(=O)(=O)c1ccc(N)c(Nc2ccc(Cl)c(Cl)c2)c1. The molecule has 8 heteroatoms. The number of benzene rings is 2. The molecule has 0 atom stereocenters. The number of rotatable bonds is 4. The van der Waals surface area contributed by atoms with E-state index >= 15 is 0 Å². The van der Waals surface area contributed by atoms with Gasteiger partial charge in [0, 0.05) is 5.69 Å². The minimum Gasteiger partial charge on any atom is -0.397 e. The lowest BCUT2D eigenvalue weighted by molar-refractivity contribution is 0.588. The average molecular weight is 346 g/mol. The molecule has 0 aliphatic heterocycles. The summed E-state index contributed by atoms with van der Waals surface area (Å²) in [6.07, 6.45) is 0. The summed E-state index contributed by atoms with van der Waals surface area (Å²) in [5.41, 5.74) is 7.38. The van der Waals surface area contributed by atoms with E-state index in [1.807, 2.05) is 0 Å². The maximum Gasteiger partial charge on any atom is 0.240 e. The second kappa shape index (κ2) is 6.11. The summed E-state index contributed by atoms with van der Waals surface area (Å²) >= 11 is 11.8. The first-order valence-corrected chi connectivity index (χ1v) is 8.12. The van der Waals surface area contributed by atoms with E-state index in [9.17, 15) is 8.42 Å². The lowest BCUT2D eigenvalue weighted by atomic mass is 10.2. The van der Waals surface area contributed by atoms with Crippen molar-refractivity contribution in [2.75, 3.05) is 18.1 Å². The molecule has 2 rings (SSSR count). The van der Waals surface area contributed by atoms with Crippen LogP contribution in [0.5, 0.6) is 0 Å². The Kier molecular flexibility index (Phi) is 4.63. The molecule has 0 saturated carbocycles. The molecule has 0 heterocycles. The highest BCUT2D eigenvalue weighted by Crippen LogP contribution is 2.30. The number of sulfonamides is 1. The van der Waals surface area contributed by atoms with Crippen LogP contribution in [0, 0.1) is 0 Å². The van der Waals surface area contributed by atoms with Crippen molar-refractivity contribution in [3.05, 3.63) is 46.4 Å². The summed E-state index contributed by atoms with van der Waals surface area (Å²) in [5, 5.41) is 3.84. The third-order valence-corrected chi connectivity index (χ3v) is 4.95. The summed E-state index contributed by atoms with van der Waals surface area (Å²) in [6, 6.07) is 9.38. The number of nitrogen functional groups attached to an aromatic ring is 1. The van der Waals surface area contributed by atoms with Gasteiger partial charge in [-0.2, -0.15) is 0 Å². The lowest BCUT2D eigenvalue weighted by Crippen LogP contribution is -2.18. The fourth-order valence-corrected chi connectivity index (χ4v) is 2.71. The molecule has 0 fully saturated rings. The molecule has 0 unspecified atom stereocenters. The van der Waals surface area contributed by atoms with Crippen LogP contribution in [0.3, 0.4) is 0 Å². The molecule has 0 amide bonds. The molecule has 4 N–H and O–H groups in total. The molecule has 21 heavy (non-hydrogen) atoms. The summed E-state index contributed by atoms with van der Waals surface area (Å²) in [5.74, 6) is 0. The molecule has 5 nitrogen and oxygen atoms in total. The Hall–Kier alpha value is -1.47. The molecule has 112 valence electrons. The normalized spacial score (nSPS) is 11.4. The van der Waals surface area contributed by atoms with Gasteiger partial charge >= 0.3 is 0 Å². The fourth-order valence-electron chi connectivity index (χ4n) is 1.66. The standard InChI is InChI=1S/C13H13Cl2N3O2S/c1-17-21(19,20)9-3-5-12(16)13(7-9)18-8-2-4-10(14)11(15)6-8/h2-7,17-18H,16H2,1H3. The Morgan fingerprint density at radius 2 is 1.76 bits per heavy atom. The highest BCUT2D eigenvalue weighted by Gasteiger charge is 2.13. The minimum atomic E-state index is -3.54. The van der Waals surface area contributed by atoms with Crippen LogP contribution in [0.25, 0.3) is 0 Å². The summed E-state index contributed by atoms with van der Waals surface area (Å²) in [4.78, 5) is 0.113. The van der Waals surface area contributed by atoms with Gasteiger partial charge in [-0.25, -0.2) is 13.1 Å². The number of hydrogen-bond donors (Lipinski definition) is 3. The van der Waals surface area contributed by atoms with E-state index in [1.54, 1.807) is 18.2 Å². The van der Waals surface area contributed by atoms with Crippen LogP contribution in [0.1, 0.15) is 0 Å². The summed E-state index contributed by atoms with van der Waals surface area (Å²) < 4.78 is 25.8. The fraction of sp³-hybridized carbons (Fsp3) is 0.0769.